The minimum absolute atomic E-state index is 0.387. The van der Waals surface area contributed by atoms with Gasteiger partial charge in [0.1, 0.15) is 0 Å². The van der Waals surface area contributed by atoms with Crippen LogP contribution in [0.1, 0.15) is 0 Å². The summed E-state index contributed by atoms with van der Waals surface area (Å²) in [5.74, 6) is -4.73. The Hall–Kier alpha value is -1.78. The molecule has 0 rings (SSSR count). The molecule has 0 amide bonds. The summed E-state index contributed by atoms with van der Waals surface area (Å²) in [6.07, 6.45) is 0.387. The van der Waals surface area contributed by atoms with Gasteiger partial charge in [-0.1, -0.05) is 12.7 Å². The lowest BCUT2D eigenvalue weighted by Crippen LogP contribution is -2.24. The number of aliphatic carboxylic acids is 2. The van der Waals surface area contributed by atoms with Gasteiger partial charge in [0.15, 0.2) is 0 Å². The van der Waals surface area contributed by atoms with Crippen LogP contribution in [0.25, 0.3) is 0 Å². The van der Waals surface area contributed by atoms with Gasteiger partial charge in [0, 0.05) is 0 Å². The Kier molecular flexibility index (Phi) is 2.85. The maximum atomic E-state index is 10.3. The lowest BCUT2D eigenvalue weighted by atomic mass is 10.2. The largest absolute Gasteiger partial charge is 0.868 e. The Morgan fingerprint density at radius 1 is 1.36 bits per heavy atom. The van der Waals surface area contributed by atoms with Crippen molar-refractivity contribution < 1.29 is 24.9 Å². The van der Waals surface area contributed by atoms with Crippen molar-refractivity contribution in [1.82, 2.24) is 0 Å². The van der Waals surface area contributed by atoms with Gasteiger partial charge >= 0.3 is 5.97 Å². The third kappa shape index (κ3) is 3.04. The Balaban J connectivity index is 4.44. The summed E-state index contributed by atoms with van der Waals surface area (Å²) in [4.78, 5) is 19.7. The Morgan fingerprint density at radius 2 is 1.82 bits per heavy atom. The predicted octanol–water partition coefficient (Wildman–Crippen LogP) is -2.38. The fraction of sp³-hybridized carbons (Fsp3) is 0. The highest BCUT2D eigenvalue weighted by Crippen LogP contribution is 1.93. The molecule has 0 aromatic rings. The molecule has 0 saturated carbocycles. The first-order chi connectivity index (χ1) is 4.95. The number of carbonyl (C=O) groups excluding carboxylic acids is 1. The van der Waals surface area contributed by atoms with E-state index < -0.39 is 23.3 Å². The van der Waals surface area contributed by atoms with Crippen molar-refractivity contribution >= 4 is 11.9 Å². The van der Waals surface area contributed by atoms with E-state index in [1.165, 1.54) is 0 Å². The zero-order chi connectivity index (χ0) is 9.02. The molecule has 0 spiro atoms. The van der Waals surface area contributed by atoms with Gasteiger partial charge in [0.2, 0.25) is 0 Å². The highest BCUT2D eigenvalue weighted by molar-refractivity contribution is 5.91. The smallest absolute Gasteiger partial charge is 0.320 e. The Bertz CT molecular complexity index is 237. The van der Waals surface area contributed by atoms with Crippen LogP contribution in [0.15, 0.2) is 24.0 Å². The van der Waals surface area contributed by atoms with E-state index in [0.717, 1.165) is 0 Å². The first kappa shape index (κ1) is 9.22. The molecule has 0 aliphatic rings. The van der Waals surface area contributed by atoms with Crippen molar-refractivity contribution in [2.24, 2.45) is 0 Å². The number of carboxylic acids is 2. The summed E-state index contributed by atoms with van der Waals surface area (Å²) in [5.41, 5.74) is -0.655. The quantitative estimate of drug-likeness (QED) is 0.279. The molecule has 0 saturated heterocycles. The van der Waals surface area contributed by atoms with E-state index in [4.69, 9.17) is 5.11 Å². The van der Waals surface area contributed by atoms with E-state index in [1.807, 2.05) is 0 Å². The van der Waals surface area contributed by atoms with Crippen LogP contribution >= 0.6 is 0 Å². The van der Waals surface area contributed by atoms with E-state index in [-0.39, 0.29) is 0 Å². The number of carbonyl (C=O) groups is 2. The average molecular weight is 156 g/mol. The van der Waals surface area contributed by atoms with Crippen LogP contribution in [0.3, 0.4) is 0 Å². The topological polar surface area (TPSA) is 100 Å². The van der Waals surface area contributed by atoms with Crippen LogP contribution in [-0.4, -0.2) is 17.0 Å². The minimum atomic E-state index is -1.73. The molecule has 0 aliphatic heterocycles. The predicted molar refractivity (Wildman–Crippen MR) is 29.9 cm³/mol. The molecular formula is C6H4O5-2. The fourth-order valence-electron chi connectivity index (χ4n) is 0.279. The molecular weight excluding hydrogens is 152 g/mol. The lowest BCUT2D eigenvalue weighted by Gasteiger charge is -2.06. The molecule has 11 heavy (non-hydrogen) atoms. The van der Waals surface area contributed by atoms with E-state index >= 15 is 0 Å². The third-order valence-corrected chi connectivity index (χ3v) is 0.778. The van der Waals surface area contributed by atoms with Gasteiger partial charge in [-0.25, -0.2) is 4.79 Å². The SMILES string of the molecule is C=C(/C=C(/[O-])C(=O)O)C(=O)[O-]. The molecule has 5 heteroatoms. The molecule has 0 fully saturated rings. The monoisotopic (exact) mass is 156 g/mol. The van der Waals surface area contributed by atoms with Crippen molar-refractivity contribution in [3.63, 3.8) is 0 Å². The zero-order valence-corrected chi connectivity index (χ0v) is 5.36. The molecule has 60 valence electrons. The summed E-state index contributed by atoms with van der Waals surface area (Å²) >= 11 is 0. The van der Waals surface area contributed by atoms with E-state index in [2.05, 4.69) is 6.58 Å². The summed E-state index contributed by atoms with van der Waals surface area (Å²) in [6, 6.07) is 0. The maximum absolute atomic E-state index is 10.3. The van der Waals surface area contributed by atoms with Crippen molar-refractivity contribution in [2.75, 3.05) is 0 Å². The third-order valence-electron chi connectivity index (χ3n) is 0.778. The minimum Gasteiger partial charge on any atom is -0.868 e. The van der Waals surface area contributed by atoms with Crippen molar-refractivity contribution in [3.8, 4) is 0 Å². The van der Waals surface area contributed by atoms with Gasteiger partial charge in [0.05, 0.1) is 5.97 Å². The molecule has 0 aromatic carbocycles. The first-order valence-electron chi connectivity index (χ1n) is 2.47. The second-order valence-electron chi connectivity index (χ2n) is 1.63. The summed E-state index contributed by atoms with van der Waals surface area (Å²) < 4.78 is 0. The van der Waals surface area contributed by atoms with E-state index in [9.17, 15) is 19.8 Å². The second-order valence-corrected chi connectivity index (χ2v) is 1.63. The van der Waals surface area contributed by atoms with Gasteiger partial charge in [-0.3, -0.25) is 0 Å². The molecule has 0 heterocycles. The van der Waals surface area contributed by atoms with Crippen molar-refractivity contribution in [1.29, 1.82) is 0 Å². The van der Waals surface area contributed by atoms with Gasteiger partial charge in [-0.2, -0.15) is 0 Å². The maximum Gasteiger partial charge on any atom is 0.320 e. The van der Waals surface area contributed by atoms with E-state index in [0.29, 0.717) is 6.08 Å². The number of rotatable bonds is 3. The first-order valence-corrected chi connectivity index (χ1v) is 2.47. The zero-order valence-electron chi connectivity index (χ0n) is 5.36. The molecule has 0 aromatic heterocycles. The average Bonchev–Trinajstić information content (AvgIpc) is 1.87. The summed E-state index contributed by atoms with van der Waals surface area (Å²) in [6.45, 7) is 2.87. The lowest BCUT2D eigenvalue weighted by molar-refractivity contribution is -0.305. The molecule has 5 nitrogen and oxygen atoms in total. The summed E-state index contributed by atoms with van der Waals surface area (Å²) in [7, 11) is 0. The van der Waals surface area contributed by atoms with Crippen LogP contribution in [0.4, 0.5) is 0 Å². The van der Waals surface area contributed by atoms with Gasteiger partial charge in [-0.05, 0) is 11.3 Å². The van der Waals surface area contributed by atoms with Crippen molar-refractivity contribution in [3.05, 3.63) is 24.0 Å². The second kappa shape index (κ2) is 3.40. The molecule has 0 unspecified atom stereocenters. The molecule has 1 N–H and O–H groups in total. The molecule has 0 bridgehead atoms. The number of carboxylic acid groups (broad SMARTS) is 2. The van der Waals surface area contributed by atoms with Crippen LogP contribution < -0.4 is 10.2 Å². The number of hydrogen-bond donors (Lipinski definition) is 1. The number of hydrogen-bond acceptors (Lipinski definition) is 4. The Labute approximate surface area is 61.9 Å². The van der Waals surface area contributed by atoms with Crippen LogP contribution in [-0.2, 0) is 9.59 Å². The van der Waals surface area contributed by atoms with E-state index in [1.54, 1.807) is 0 Å². The highest BCUT2D eigenvalue weighted by Gasteiger charge is 1.94. The Morgan fingerprint density at radius 3 is 2.09 bits per heavy atom. The van der Waals surface area contributed by atoms with Gasteiger partial charge in [-0.15, -0.1) is 0 Å². The molecule has 0 atom stereocenters. The molecule has 0 radical (unpaired) electrons. The standard InChI is InChI=1S/C6H6O5/c1-3(5(8)9)2-4(7)6(10)11/h2,7H,1H2,(H,8,9)(H,10,11)/p-2/b4-2+. The normalized spacial score (nSPS) is 10.7. The summed E-state index contributed by atoms with van der Waals surface area (Å²) in [5, 5.41) is 28.1. The fourth-order valence-corrected chi connectivity index (χ4v) is 0.279. The molecule has 0 aliphatic carbocycles. The van der Waals surface area contributed by atoms with Crippen LogP contribution in [0.5, 0.6) is 0 Å². The van der Waals surface area contributed by atoms with Crippen LogP contribution in [0.2, 0.25) is 0 Å². The van der Waals surface area contributed by atoms with Gasteiger partial charge < -0.3 is 20.1 Å². The van der Waals surface area contributed by atoms with Gasteiger partial charge in [0.25, 0.3) is 0 Å². The van der Waals surface area contributed by atoms with Crippen molar-refractivity contribution in [2.45, 2.75) is 0 Å². The van der Waals surface area contributed by atoms with Crippen LogP contribution in [0, 0.1) is 0 Å². The highest BCUT2D eigenvalue weighted by atomic mass is 16.4.